The van der Waals surface area contributed by atoms with Crippen molar-refractivity contribution in [1.29, 1.82) is 0 Å². The van der Waals surface area contributed by atoms with Crippen LogP contribution in [-0.2, 0) is 5.41 Å². The van der Waals surface area contributed by atoms with Gasteiger partial charge in [-0.25, -0.2) is 4.98 Å². The number of hydrogen-bond acceptors (Lipinski definition) is 6. The highest BCUT2D eigenvalue weighted by atomic mass is 79.9. The van der Waals surface area contributed by atoms with E-state index in [0.717, 1.165) is 17.0 Å². The van der Waals surface area contributed by atoms with E-state index in [1.165, 1.54) is 11.5 Å². The van der Waals surface area contributed by atoms with Crippen molar-refractivity contribution < 1.29 is 4.74 Å². The molecule has 2 heterocycles. The number of aromatic nitrogens is 3. The Labute approximate surface area is 153 Å². The fraction of sp³-hybridized carbons (Fsp3) is 0.235. The van der Waals surface area contributed by atoms with Gasteiger partial charge in [0.25, 0.3) is 0 Å². The zero-order valence-electron chi connectivity index (χ0n) is 13.6. The van der Waals surface area contributed by atoms with Gasteiger partial charge in [-0.3, -0.25) is 0 Å². The molecule has 0 saturated carbocycles. The number of ether oxygens (including phenoxy) is 1. The zero-order valence-corrected chi connectivity index (χ0v) is 16.0. The van der Waals surface area contributed by atoms with E-state index >= 15 is 0 Å². The van der Waals surface area contributed by atoms with E-state index in [9.17, 15) is 0 Å². The summed E-state index contributed by atoms with van der Waals surface area (Å²) in [6, 6.07) is 11.8. The standard InChI is InChI=1S/C17H17BrN4OS/c1-17(2,3)11-7-4-5-9-13(11)23-14-12(8-6-10-19-14)20-16-21-15(18)22-24-16/h4-10H,1-3H3,(H,20,21,22). The fourth-order valence-electron chi connectivity index (χ4n) is 2.22. The molecule has 1 aromatic carbocycles. The quantitative estimate of drug-likeness (QED) is 0.619. The van der Waals surface area contributed by atoms with Crippen LogP contribution in [0.15, 0.2) is 47.3 Å². The number of nitrogens with zero attached hydrogens (tertiary/aromatic N) is 3. The van der Waals surface area contributed by atoms with Gasteiger partial charge in [0.1, 0.15) is 11.4 Å². The molecule has 0 saturated heterocycles. The Hall–Kier alpha value is -1.99. The van der Waals surface area contributed by atoms with E-state index in [4.69, 9.17) is 4.74 Å². The number of nitrogens with one attached hydrogen (secondary N) is 1. The lowest BCUT2D eigenvalue weighted by Gasteiger charge is -2.22. The van der Waals surface area contributed by atoms with Crippen molar-refractivity contribution in [3.8, 4) is 11.6 Å². The fourth-order valence-corrected chi connectivity index (χ4v) is 3.22. The van der Waals surface area contributed by atoms with E-state index < -0.39 is 0 Å². The van der Waals surface area contributed by atoms with E-state index in [2.05, 4.69) is 62.4 Å². The molecule has 124 valence electrons. The molecule has 0 aliphatic carbocycles. The molecule has 1 N–H and O–H groups in total. The summed E-state index contributed by atoms with van der Waals surface area (Å²) in [4.78, 5) is 8.60. The van der Waals surface area contributed by atoms with E-state index in [1.54, 1.807) is 6.20 Å². The van der Waals surface area contributed by atoms with Gasteiger partial charge in [-0.05, 0) is 39.5 Å². The number of para-hydroxylation sites is 1. The molecule has 24 heavy (non-hydrogen) atoms. The Kier molecular flexibility index (Phi) is 4.82. The van der Waals surface area contributed by atoms with Crippen LogP contribution in [0.2, 0.25) is 0 Å². The smallest absolute Gasteiger partial charge is 0.243 e. The monoisotopic (exact) mass is 404 g/mol. The third kappa shape index (κ3) is 3.91. The van der Waals surface area contributed by atoms with Crippen molar-refractivity contribution in [2.24, 2.45) is 0 Å². The number of halogens is 1. The average Bonchev–Trinajstić information content (AvgIpc) is 2.94. The molecule has 3 aromatic rings. The molecule has 0 fully saturated rings. The zero-order chi connectivity index (χ0) is 17.2. The molecule has 0 aliphatic rings. The van der Waals surface area contributed by atoms with Crippen LogP contribution in [0.5, 0.6) is 11.6 Å². The minimum atomic E-state index is -0.0247. The minimum Gasteiger partial charge on any atom is -0.437 e. The summed E-state index contributed by atoms with van der Waals surface area (Å²) in [5.74, 6) is 1.30. The maximum atomic E-state index is 6.12. The average molecular weight is 405 g/mol. The summed E-state index contributed by atoms with van der Waals surface area (Å²) >= 11 is 4.51. The number of benzene rings is 1. The number of rotatable bonds is 4. The van der Waals surface area contributed by atoms with Crippen LogP contribution in [0.25, 0.3) is 0 Å². The van der Waals surface area contributed by atoms with Crippen LogP contribution >= 0.6 is 27.5 Å². The molecule has 0 amide bonds. The highest BCUT2D eigenvalue weighted by molar-refractivity contribution is 9.10. The SMILES string of the molecule is CC(C)(C)c1ccccc1Oc1ncccc1Nc1nc(Br)ns1. The van der Waals surface area contributed by atoms with Crippen LogP contribution in [-0.4, -0.2) is 14.3 Å². The first-order valence-corrected chi connectivity index (χ1v) is 8.99. The van der Waals surface area contributed by atoms with Crippen LogP contribution in [0.1, 0.15) is 26.3 Å². The molecule has 0 atom stereocenters. The first-order valence-electron chi connectivity index (χ1n) is 7.42. The molecular formula is C17H17BrN4OS. The summed E-state index contributed by atoms with van der Waals surface area (Å²) in [6.07, 6.45) is 1.70. The second kappa shape index (κ2) is 6.86. The highest BCUT2D eigenvalue weighted by Crippen LogP contribution is 2.36. The number of pyridine rings is 1. The lowest BCUT2D eigenvalue weighted by atomic mass is 9.86. The first-order chi connectivity index (χ1) is 11.4. The van der Waals surface area contributed by atoms with Gasteiger partial charge in [0, 0.05) is 23.3 Å². The second-order valence-electron chi connectivity index (χ2n) is 6.20. The van der Waals surface area contributed by atoms with Crippen LogP contribution in [0.3, 0.4) is 0 Å². The van der Waals surface area contributed by atoms with Crippen molar-refractivity contribution in [3.63, 3.8) is 0 Å². The minimum absolute atomic E-state index is 0.0247. The third-order valence-corrected chi connectivity index (χ3v) is 4.54. The van der Waals surface area contributed by atoms with Crippen molar-refractivity contribution in [3.05, 3.63) is 52.9 Å². The highest BCUT2D eigenvalue weighted by Gasteiger charge is 2.20. The van der Waals surface area contributed by atoms with Gasteiger partial charge in [-0.15, -0.1) is 0 Å². The van der Waals surface area contributed by atoms with Crippen molar-refractivity contribution in [2.75, 3.05) is 5.32 Å². The van der Waals surface area contributed by atoms with Crippen LogP contribution < -0.4 is 10.1 Å². The molecule has 0 unspecified atom stereocenters. The van der Waals surface area contributed by atoms with E-state index in [0.29, 0.717) is 15.7 Å². The topological polar surface area (TPSA) is 59.9 Å². The summed E-state index contributed by atoms with van der Waals surface area (Å²) in [5.41, 5.74) is 1.84. The van der Waals surface area contributed by atoms with Crippen LogP contribution in [0.4, 0.5) is 10.8 Å². The van der Waals surface area contributed by atoms with Gasteiger partial charge in [0.15, 0.2) is 0 Å². The molecule has 0 spiro atoms. The van der Waals surface area contributed by atoms with Gasteiger partial charge in [0.05, 0.1) is 0 Å². The third-order valence-electron chi connectivity index (χ3n) is 3.32. The summed E-state index contributed by atoms with van der Waals surface area (Å²) < 4.78 is 10.8. The number of anilines is 2. The van der Waals surface area contributed by atoms with Crippen LogP contribution in [0, 0.1) is 0 Å². The van der Waals surface area contributed by atoms with Crippen molar-refractivity contribution in [1.82, 2.24) is 14.3 Å². The largest absolute Gasteiger partial charge is 0.437 e. The van der Waals surface area contributed by atoms with Gasteiger partial charge in [0.2, 0.25) is 15.7 Å². The lowest BCUT2D eigenvalue weighted by Crippen LogP contribution is -2.12. The van der Waals surface area contributed by atoms with Crippen molar-refractivity contribution in [2.45, 2.75) is 26.2 Å². The Morgan fingerprint density at radius 2 is 1.92 bits per heavy atom. The molecular weight excluding hydrogens is 388 g/mol. The first kappa shape index (κ1) is 16.9. The predicted octanol–water partition coefficient (Wildman–Crippen LogP) is 5.53. The Balaban J connectivity index is 1.92. The van der Waals surface area contributed by atoms with Crippen molar-refractivity contribution >= 4 is 38.3 Å². The van der Waals surface area contributed by atoms with E-state index in [1.807, 2.05) is 30.3 Å². The maximum absolute atomic E-state index is 6.12. The van der Waals surface area contributed by atoms with Gasteiger partial charge >= 0.3 is 0 Å². The van der Waals surface area contributed by atoms with Gasteiger partial charge in [-0.2, -0.15) is 9.36 Å². The Morgan fingerprint density at radius 3 is 2.62 bits per heavy atom. The summed E-state index contributed by atoms with van der Waals surface area (Å²) in [5, 5.41) is 3.87. The Morgan fingerprint density at radius 1 is 1.12 bits per heavy atom. The molecule has 5 nitrogen and oxygen atoms in total. The normalized spacial score (nSPS) is 11.3. The molecule has 0 aliphatic heterocycles. The number of hydrogen-bond donors (Lipinski definition) is 1. The molecule has 0 radical (unpaired) electrons. The molecule has 2 aromatic heterocycles. The molecule has 7 heteroatoms. The van der Waals surface area contributed by atoms with Gasteiger partial charge < -0.3 is 10.1 Å². The summed E-state index contributed by atoms with van der Waals surface area (Å²) in [7, 11) is 0. The predicted molar refractivity (Wildman–Crippen MR) is 100 cm³/mol. The van der Waals surface area contributed by atoms with Gasteiger partial charge in [-0.1, -0.05) is 39.0 Å². The molecule has 0 bridgehead atoms. The Bertz CT molecular complexity index is 844. The second-order valence-corrected chi connectivity index (χ2v) is 7.66. The maximum Gasteiger partial charge on any atom is 0.243 e. The molecule has 3 rings (SSSR count). The van der Waals surface area contributed by atoms with E-state index in [-0.39, 0.29) is 5.41 Å². The lowest BCUT2D eigenvalue weighted by molar-refractivity contribution is 0.442. The summed E-state index contributed by atoms with van der Waals surface area (Å²) in [6.45, 7) is 6.47.